The van der Waals surface area contributed by atoms with Crippen LogP contribution in [-0.4, -0.2) is 19.6 Å². The van der Waals surface area contributed by atoms with Crippen LogP contribution in [0.1, 0.15) is 13.3 Å². The lowest BCUT2D eigenvalue weighted by Crippen LogP contribution is -2.27. The zero-order chi connectivity index (χ0) is 11.3. The van der Waals surface area contributed by atoms with Gasteiger partial charge in [-0.05, 0) is 32.0 Å². The van der Waals surface area contributed by atoms with Crippen LogP contribution in [0.4, 0.5) is 14.5 Å². The molecule has 0 saturated heterocycles. The number of hydrogen-bond acceptors (Lipinski definition) is 2. The molecule has 0 atom stereocenters. The number of nitrogens with two attached hydrogens (primary N) is 1. The van der Waals surface area contributed by atoms with Crippen molar-refractivity contribution in [2.75, 3.05) is 24.5 Å². The van der Waals surface area contributed by atoms with E-state index in [-0.39, 0.29) is 5.69 Å². The summed E-state index contributed by atoms with van der Waals surface area (Å²) < 4.78 is 26.8. The lowest BCUT2D eigenvalue weighted by molar-refractivity contribution is 0.569. The van der Waals surface area contributed by atoms with Crippen LogP contribution in [0.25, 0.3) is 0 Å². The zero-order valence-electron chi connectivity index (χ0n) is 8.84. The van der Waals surface area contributed by atoms with Gasteiger partial charge in [0.15, 0.2) is 0 Å². The maximum Gasteiger partial charge on any atom is 0.149 e. The predicted molar refractivity (Wildman–Crippen MR) is 57.9 cm³/mol. The van der Waals surface area contributed by atoms with Crippen molar-refractivity contribution >= 4 is 5.69 Å². The Labute approximate surface area is 88.7 Å². The molecule has 0 aliphatic heterocycles. The third kappa shape index (κ3) is 2.89. The number of nitrogens with zero attached hydrogens (tertiary/aromatic N) is 1. The summed E-state index contributed by atoms with van der Waals surface area (Å²) in [6.07, 6.45) is 0.724. The Balaban J connectivity index is 2.90. The largest absolute Gasteiger partial charge is 0.367 e. The summed E-state index contributed by atoms with van der Waals surface area (Å²) in [5.74, 6) is -1.04. The van der Waals surface area contributed by atoms with Crippen LogP contribution in [0, 0.1) is 11.6 Å². The summed E-state index contributed by atoms with van der Waals surface area (Å²) in [5, 5.41) is 0. The van der Waals surface area contributed by atoms with Crippen LogP contribution >= 0.6 is 0 Å². The van der Waals surface area contributed by atoms with Gasteiger partial charge in [-0.2, -0.15) is 0 Å². The fourth-order valence-electron chi connectivity index (χ4n) is 1.50. The average molecular weight is 214 g/mol. The van der Waals surface area contributed by atoms with Crippen molar-refractivity contribution in [2.45, 2.75) is 13.3 Å². The molecule has 4 heteroatoms. The van der Waals surface area contributed by atoms with Crippen molar-refractivity contribution in [3.63, 3.8) is 0 Å². The highest BCUT2D eigenvalue weighted by atomic mass is 19.1. The Bertz CT molecular complexity index is 295. The summed E-state index contributed by atoms with van der Waals surface area (Å²) >= 11 is 0. The van der Waals surface area contributed by atoms with E-state index in [1.165, 1.54) is 18.2 Å². The standard InChI is InChI=1S/C11H16F2N2/c1-2-15(8-4-7-14)11-9(12)5-3-6-10(11)13/h3,5-6H,2,4,7-8,14H2,1H3. The highest BCUT2D eigenvalue weighted by Crippen LogP contribution is 2.22. The van der Waals surface area contributed by atoms with E-state index in [1.54, 1.807) is 4.90 Å². The maximum atomic E-state index is 13.4. The first kappa shape index (κ1) is 11.9. The number of halogens is 2. The van der Waals surface area contributed by atoms with E-state index in [0.717, 1.165) is 6.42 Å². The van der Waals surface area contributed by atoms with E-state index >= 15 is 0 Å². The summed E-state index contributed by atoms with van der Waals surface area (Å²) in [6.45, 7) is 3.53. The van der Waals surface area contributed by atoms with Gasteiger partial charge >= 0.3 is 0 Å². The van der Waals surface area contributed by atoms with Crippen LogP contribution in [-0.2, 0) is 0 Å². The van der Waals surface area contributed by atoms with Gasteiger partial charge in [-0.25, -0.2) is 8.78 Å². The van der Waals surface area contributed by atoms with Crippen LogP contribution in [0.2, 0.25) is 0 Å². The molecule has 1 rings (SSSR count). The first-order chi connectivity index (χ1) is 7.20. The molecule has 1 aromatic carbocycles. The molecule has 0 saturated carbocycles. The molecule has 2 nitrogen and oxygen atoms in total. The Morgan fingerprint density at radius 3 is 2.33 bits per heavy atom. The summed E-state index contributed by atoms with van der Waals surface area (Å²) in [6, 6.07) is 3.90. The van der Waals surface area contributed by atoms with Gasteiger partial charge in [0, 0.05) is 13.1 Å². The monoisotopic (exact) mass is 214 g/mol. The molecule has 0 amide bonds. The summed E-state index contributed by atoms with van der Waals surface area (Å²) in [7, 11) is 0. The Morgan fingerprint density at radius 1 is 1.27 bits per heavy atom. The lowest BCUT2D eigenvalue weighted by Gasteiger charge is -2.23. The van der Waals surface area contributed by atoms with E-state index in [2.05, 4.69) is 0 Å². The molecule has 0 fully saturated rings. The zero-order valence-corrected chi connectivity index (χ0v) is 8.84. The van der Waals surface area contributed by atoms with Gasteiger partial charge in [-0.1, -0.05) is 6.07 Å². The molecule has 2 N–H and O–H groups in total. The Morgan fingerprint density at radius 2 is 1.87 bits per heavy atom. The fourth-order valence-corrected chi connectivity index (χ4v) is 1.50. The molecule has 0 aliphatic rings. The molecule has 0 aliphatic carbocycles. The second kappa shape index (κ2) is 5.66. The van der Waals surface area contributed by atoms with Gasteiger partial charge in [0.05, 0.1) is 0 Å². The SMILES string of the molecule is CCN(CCCN)c1c(F)cccc1F. The third-order valence-corrected chi connectivity index (χ3v) is 2.27. The number of anilines is 1. The minimum absolute atomic E-state index is 0.0495. The van der Waals surface area contributed by atoms with Gasteiger partial charge in [-0.15, -0.1) is 0 Å². The topological polar surface area (TPSA) is 29.3 Å². The van der Waals surface area contributed by atoms with E-state index in [1.807, 2.05) is 6.92 Å². The molecular formula is C11H16F2N2. The van der Waals surface area contributed by atoms with Gasteiger partial charge in [0.2, 0.25) is 0 Å². The molecule has 0 heterocycles. The maximum absolute atomic E-state index is 13.4. The predicted octanol–water partition coefficient (Wildman–Crippen LogP) is 2.14. The number of benzene rings is 1. The number of hydrogen-bond donors (Lipinski definition) is 1. The van der Waals surface area contributed by atoms with Crippen molar-refractivity contribution in [3.05, 3.63) is 29.8 Å². The normalized spacial score (nSPS) is 10.4. The first-order valence-corrected chi connectivity index (χ1v) is 5.09. The van der Waals surface area contributed by atoms with Gasteiger partial charge in [-0.3, -0.25) is 0 Å². The van der Waals surface area contributed by atoms with E-state index in [4.69, 9.17) is 5.73 Å². The third-order valence-electron chi connectivity index (χ3n) is 2.27. The number of para-hydroxylation sites is 1. The van der Waals surface area contributed by atoms with Crippen LogP contribution in [0.3, 0.4) is 0 Å². The second-order valence-corrected chi connectivity index (χ2v) is 3.29. The minimum Gasteiger partial charge on any atom is -0.367 e. The molecule has 0 radical (unpaired) electrons. The molecular weight excluding hydrogens is 198 g/mol. The van der Waals surface area contributed by atoms with Gasteiger partial charge in [0.1, 0.15) is 17.3 Å². The highest BCUT2D eigenvalue weighted by Gasteiger charge is 2.14. The van der Waals surface area contributed by atoms with Crippen LogP contribution in [0.5, 0.6) is 0 Å². The van der Waals surface area contributed by atoms with Crippen molar-refractivity contribution in [2.24, 2.45) is 5.73 Å². The average Bonchev–Trinajstić information content (AvgIpc) is 2.22. The minimum atomic E-state index is -0.520. The number of rotatable bonds is 5. The Kier molecular flexibility index (Phi) is 4.49. The lowest BCUT2D eigenvalue weighted by atomic mass is 10.2. The fraction of sp³-hybridized carbons (Fsp3) is 0.455. The molecule has 15 heavy (non-hydrogen) atoms. The van der Waals surface area contributed by atoms with Gasteiger partial charge in [0.25, 0.3) is 0 Å². The van der Waals surface area contributed by atoms with Crippen molar-refractivity contribution in [1.29, 1.82) is 0 Å². The van der Waals surface area contributed by atoms with Crippen LogP contribution < -0.4 is 10.6 Å². The van der Waals surface area contributed by atoms with E-state index in [0.29, 0.717) is 19.6 Å². The Hall–Kier alpha value is -1.16. The highest BCUT2D eigenvalue weighted by molar-refractivity contribution is 5.48. The van der Waals surface area contributed by atoms with Crippen LogP contribution in [0.15, 0.2) is 18.2 Å². The quantitative estimate of drug-likeness (QED) is 0.813. The van der Waals surface area contributed by atoms with E-state index in [9.17, 15) is 8.78 Å². The van der Waals surface area contributed by atoms with Crippen molar-refractivity contribution in [1.82, 2.24) is 0 Å². The molecule has 0 bridgehead atoms. The molecule has 0 spiro atoms. The van der Waals surface area contributed by atoms with Crippen molar-refractivity contribution < 1.29 is 8.78 Å². The first-order valence-electron chi connectivity index (χ1n) is 5.09. The summed E-state index contributed by atoms with van der Waals surface area (Å²) in [5.41, 5.74) is 5.42. The second-order valence-electron chi connectivity index (χ2n) is 3.29. The van der Waals surface area contributed by atoms with Crippen molar-refractivity contribution in [3.8, 4) is 0 Å². The molecule has 0 aromatic heterocycles. The summed E-state index contributed by atoms with van der Waals surface area (Å²) in [4.78, 5) is 1.66. The van der Waals surface area contributed by atoms with Gasteiger partial charge < -0.3 is 10.6 Å². The van der Waals surface area contributed by atoms with E-state index < -0.39 is 11.6 Å². The smallest absolute Gasteiger partial charge is 0.149 e. The molecule has 1 aromatic rings. The molecule has 84 valence electrons. The molecule has 0 unspecified atom stereocenters.